The number of phenols is 1. The lowest BCUT2D eigenvalue weighted by molar-refractivity contribution is 0.318. The maximum Gasteiger partial charge on any atom is 0.191 e. The van der Waals surface area contributed by atoms with Gasteiger partial charge in [-0.1, -0.05) is 6.07 Å². The van der Waals surface area contributed by atoms with Gasteiger partial charge in [0.25, 0.3) is 0 Å². The Morgan fingerprint density at radius 3 is 2.73 bits per heavy atom. The summed E-state index contributed by atoms with van der Waals surface area (Å²) in [6.45, 7) is 10.7. The lowest BCUT2D eigenvalue weighted by atomic mass is 10.2. The number of guanidine groups is 1. The second kappa shape index (κ2) is 10.0. The maximum absolute atomic E-state index is 9.78. The smallest absolute Gasteiger partial charge is 0.191 e. The van der Waals surface area contributed by atoms with E-state index in [-0.39, 0.29) is 5.75 Å². The first kappa shape index (κ1) is 20.0. The third kappa shape index (κ3) is 5.91. The van der Waals surface area contributed by atoms with E-state index in [0.717, 1.165) is 41.7 Å². The Balaban J connectivity index is 1.94. The molecular weight excluding hydrogens is 348 g/mol. The fourth-order valence-electron chi connectivity index (χ4n) is 2.37. The Hall–Kier alpha value is -2.28. The van der Waals surface area contributed by atoms with Crippen molar-refractivity contribution in [2.24, 2.45) is 4.99 Å². The summed E-state index contributed by atoms with van der Waals surface area (Å²) in [5.41, 5.74) is 2.10. The monoisotopic (exact) mass is 376 g/mol. The molecule has 0 bridgehead atoms. The van der Waals surface area contributed by atoms with Gasteiger partial charge in [-0.3, -0.25) is 0 Å². The van der Waals surface area contributed by atoms with Gasteiger partial charge in [0.2, 0.25) is 0 Å². The van der Waals surface area contributed by atoms with Gasteiger partial charge < -0.3 is 20.5 Å². The molecule has 26 heavy (non-hydrogen) atoms. The number of hydrogen-bond acceptors (Lipinski definition) is 5. The van der Waals surface area contributed by atoms with Crippen molar-refractivity contribution in [3.8, 4) is 11.5 Å². The second-order valence-electron chi connectivity index (χ2n) is 5.86. The van der Waals surface area contributed by atoms with Crippen LogP contribution in [0.25, 0.3) is 0 Å². The van der Waals surface area contributed by atoms with Crippen molar-refractivity contribution in [2.75, 3.05) is 19.7 Å². The van der Waals surface area contributed by atoms with Gasteiger partial charge in [0, 0.05) is 24.4 Å². The van der Waals surface area contributed by atoms with E-state index in [2.05, 4.69) is 27.5 Å². The first-order valence-electron chi connectivity index (χ1n) is 8.93. The normalized spacial score (nSPS) is 11.5. The molecule has 1 aromatic carbocycles. The van der Waals surface area contributed by atoms with E-state index >= 15 is 0 Å². The number of aromatic nitrogens is 1. The summed E-state index contributed by atoms with van der Waals surface area (Å²) in [6.07, 6.45) is 0.872. The number of thiazole rings is 1. The minimum Gasteiger partial charge on any atom is -0.504 e. The minimum atomic E-state index is 0.152. The van der Waals surface area contributed by atoms with Gasteiger partial charge in [0.1, 0.15) is 0 Å². The molecule has 6 nitrogen and oxygen atoms in total. The van der Waals surface area contributed by atoms with Gasteiger partial charge in [-0.25, -0.2) is 9.98 Å². The molecule has 0 amide bonds. The lowest BCUT2D eigenvalue weighted by Gasteiger charge is -2.11. The largest absolute Gasteiger partial charge is 0.504 e. The van der Waals surface area contributed by atoms with Crippen LogP contribution < -0.4 is 15.4 Å². The van der Waals surface area contributed by atoms with E-state index in [1.807, 2.05) is 32.9 Å². The number of aromatic hydroxyl groups is 1. The molecule has 0 atom stereocenters. The molecule has 0 aliphatic heterocycles. The Morgan fingerprint density at radius 2 is 2.08 bits per heavy atom. The summed E-state index contributed by atoms with van der Waals surface area (Å²) in [7, 11) is 0. The van der Waals surface area contributed by atoms with Crippen molar-refractivity contribution in [3.05, 3.63) is 39.3 Å². The number of aryl methyl sites for hydroxylation is 2. The Morgan fingerprint density at radius 1 is 1.27 bits per heavy atom. The van der Waals surface area contributed by atoms with Crippen LogP contribution in [-0.2, 0) is 13.0 Å². The summed E-state index contributed by atoms with van der Waals surface area (Å²) in [4.78, 5) is 10.4. The van der Waals surface area contributed by atoms with Crippen LogP contribution in [0.4, 0.5) is 0 Å². The third-order valence-corrected chi connectivity index (χ3v) is 4.92. The zero-order chi connectivity index (χ0) is 18.9. The number of phenolic OH excluding ortho intramolecular Hbond substituents is 1. The number of benzene rings is 1. The highest BCUT2D eigenvalue weighted by Crippen LogP contribution is 2.27. The van der Waals surface area contributed by atoms with Gasteiger partial charge >= 0.3 is 0 Å². The standard InChI is InChI=1S/C19H28N4O2S/c1-5-20-19(21-10-9-18-23-13(3)14(4)26-18)22-12-15-7-8-16(24)17(11-15)25-6-2/h7-8,11,24H,5-6,9-10,12H2,1-4H3,(H2,20,21,22). The number of hydrogen-bond donors (Lipinski definition) is 3. The molecule has 0 fully saturated rings. The molecule has 0 saturated heterocycles. The summed E-state index contributed by atoms with van der Waals surface area (Å²) < 4.78 is 5.42. The van der Waals surface area contributed by atoms with Crippen LogP contribution in [0.1, 0.15) is 35.0 Å². The van der Waals surface area contributed by atoms with Crippen LogP contribution >= 0.6 is 11.3 Å². The van der Waals surface area contributed by atoms with Crippen LogP contribution in [0.15, 0.2) is 23.2 Å². The van der Waals surface area contributed by atoms with E-state index in [9.17, 15) is 5.11 Å². The second-order valence-corrected chi connectivity index (χ2v) is 7.14. The van der Waals surface area contributed by atoms with Crippen molar-refractivity contribution in [1.29, 1.82) is 0 Å². The van der Waals surface area contributed by atoms with E-state index < -0.39 is 0 Å². The average molecular weight is 377 g/mol. The van der Waals surface area contributed by atoms with Crippen molar-refractivity contribution in [2.45, 2.75) is 40.7 Å². The van der Waals surface area contributed by atoms with Crippen molar-refractivity contribution in [1.82, 2.24) is 15.6 Å². The van der Waals surface area contributed by atoms with Crippen LogP contribution in [0.3, 0.4) is 0 Å². The van der Waals surface area contributed by atoms with Crippen LogP contribution in [0, 0.1) is 13.8 Å². The van der Waals surface area contributed by atoms with Gasteiger partial charge in [0.05, 0.1) is 23.9 Å². The topological polar surface area (TPSA) is 78.8 Å². The predicted molar refractivity (Wildman–Crippen MR) is 107 cm³/mol. The summed E-state index contributed by atoms with van der Waals surface area (Å²) >= 11 is 1.75. The third-order valence-electron chi connectivity index (χ3n) is 3.79. The average Bonchev–Trinajstić information content (AvgIpc) is 2.93. The Labute approximate surface area is 159 Å². The molecule has 0 spiro atoms. The molecule has 0 aliphatic carbocycles. The van der Waals surface area contributed by atoms with E-state index in [1.165, 1.54) is 4.88 Å². The van der Waals surface area contributed by atoms with E-state index in [4.69, 9.17) is 4.74 Å². The van der Waals surface area contributed by atoms with E-state index in [1.54, 1.807) is 17.4 Å². The zero-order valence-electron chi connectivity index (χ0n) is 15.9. The Bertz CT molecular complexity index is 724. The highest BCUT2D eigenvalue weighted by atomic mass is 32.1. The van der Waals surface area contributed by atoms with Crippen molar-refractivity contribution < 1.29 is 9.84 Å². The quantitative estimate of drug-likeness (QED) is 0.487. The lowest BCUT2D eigenvalue weighted by Crippen LogP contribution is -2.38. The molecule has 3 N–H and O–H groups in total. The molecule has 0 unspecified atom stereocenters. The number of rotatable bonds is 8. The molecule has 0 radical (unpaired) electrons. The zero-order valence-corrected chi connectivity index (χ0v) is 16.7. The molecule has 0 aliphatic rings. The molecule has 1 heterocycles. The first-order chi connectivity index (χ1) is 12.5. The van der Waals surface area contributed by atoms with Gasteiger partial charge in [-0.2, -0.15) is 0 Å². The number of ether oxygens (including phenoxy) is 1. The molecule has 0 saturated carbocycles. The number of nitrogens with one attached hydrogen (secondary N) is 2. The van der Waals surface area contributed by atoms with Gasteiger partial charge in [-0.15, -0.1) is 11.3 Å². The highest BCUT2D eigenvalue weighted by molar-refractivity contribution is 7.11. The van der Waals surface area contributed by atoms with Crippen molar-refractivity contribution in [3.63, 3.8) is 0 Å². The van der Waals surface area contributed by atoms with E-state index in [0.29, 0.717) is 18.9 Å². The highest BCUT2D eigenvalue weighted by Gasteiger charge is 2.06. The SMILES string of the molecule is CCNC(=NCc1ccc(O)c(OCC)c1)NCCc1nc(C)c(C)s1. The Kier molecular flexibility index (Phi) is 7.72. The maximum atomic E-state index is 9.78. The predicted octanol–water partition coefficient (Wildman–Crippen LogP) is 3.16. The van der Waals surface area contributed by atoms with Crippen LogP contribution in [0.5, 0.6) is 11.5 Å². The molecule has 1 aromatic heterocycles. The van der Waals surface area contributed by atoms with Gasteiger partial charge in [0.15, 0.2) is 17.5 Å². The molecule has 2 aromatic rings. The first-order valence-corrected chi connectivity index (χ1v) is 9.74. The number of nitrogens with zero attached hydrogens (tertiary/aromatic N) is 2. The van der Waals surface area contributed by atoms with Crippen LogP contribution in [-0.4, -0.2) is 35.7 Å². The summed E-state index contributed by atoms with van der Waals surface area (Å²) in [5.74, 6) is 1.41. The fourth-order valence-corrected chi connectivity index (χ4v) is 3.31. The van der Waals surface area contributed by atoms with Gasteiger partial charge in [-0.05, 0) is 45.4 Å². The molecular formula is C19H28N4O2S. The molecule has 2 rings (SSSR count). The summed E-state index contributed by atoms with van der Waals surface area (Å²) in [6, 6.07) is 5.32. The molecule has 7 heteroatoms. The molecule has 142 valence electrons. The minimum absolute atomic E-state index is 0.152. The number of aliphatic imine (C=N–C) groups is 1. The van der Waals surface area contributed by atoms with Crippen molar-refractivity contribution >= 4 is 17.3 Å². The van der Waals surface area contributed by atoms with Crippen LogP contribution in [0.2, 0.25) is 0 Å². The fraction of sp³-hybridized carbons (Fsp3) is 0.474. The summed E-state index contributed by atoms with van der Waals surface area (Å²) in [5, 5.41) is 17.5.